The predicted octanol–water partition coefficient (Wildman–Crippen LogP) is 4.50. The average molecular weight is 414 g/mol. The second-order valence-corrected chi connectivity index (χ2v) is 6.96. The zero-order chi connectivity index (χ0) is 21.6. The summed E-state index contributed by atoms with van der Waals surface area (Å²) in [4.78, 5) is 15.1. The first-order valence-corrected chi connectivity index (χ1v) is 10.1. The first-order valence-electron chi connectivity index (χ1n) is 10.1. The summed E-state index contributed by atoms with van der Waals surface area (Å²) in [5, 5.41) is 9.12. The smallest absolute Gasteiger partial charge is 0.265 e. The molecule has 0 aliphatic carbocycles. The number of benzene rings is 3. The molecule has 3 aromatic rings. The summed E-state index contributed by atoms with van der Waals surface area (Å²) >= 11 is 0. The number of nitriles is 1. The lowest BCUT2D eigenvalue weighted by Gasteiger charge is -2.37. The van der Waals surface area contributed by atoms with Crippen LogP contribution in [0.4, 0.5) is 5.69 Å². The summed E-state index contributed by atoms with van der Waals surface area (Å²) < 4.78 is 17.3. The van der Waals surface area contributed by atoms with Crippen molar-refractivity contribution in [3.05, 3.63) is 83.9 Å². The van der Waals surface area contributed by atoms with E-state index in [0.29, 0.717) is 41.7 Å². The van der Waals surface area contributed by atoms with Gasteiger partial charge in [-0.05, 0) is 36.8 Å². The van der Waals surface area contributed by atoms with Crippen molar-refractivity contribution >= 4 is 11.6 Å². The van der Waals surface area contributed by atoms with Crippen molar-refractivity contribution < 1.29 is 19.0 Å². The second-order valence-electron chi connectivity index (χ2n) is 6.96. The Hall–Kier alpha value is -3.98. The number of ether oxygens (including phenoxy) is 3. The molecule has 0 radical (unpaired) electrons. The van der Waals surface area contributed by atoms with Gasteiger partial charge in [0.25, 0.3) is 5.91 Å². The first kappa shape index (κ1) is 20.3. The van der Waals surface area contributed by atoms with Crippen LogP contribution < -0.4 is 19.1 Å². The highest BCUT2D eigenvalue weighted by atomic mass is 16.5. The minimum Gasteiger partial charge on any atom is -0.490 e. The number of nitrogens with zero attached hydrogens (tertiary/aromatic N) is 2. The molecule has 3 aromatic carbocycles. The lowest BCUT2D eigenvalue weighted by atomic mass is 10.0. The molecule has 0 spiro atoms. The summed E-state index contributed by atoms with van der Waals surface area (Å²) in [6.45, 7) is 2.45. The number of para-hydroxylation sites is 2. The van der Waals surface area contributed by atoms with Crippen LogP contribution in [0.5, 0.6) is 17.2 Å². The van der Waals surface area contributed by atoms with Gasteiger partial charge in [-0.25, -0.2) is 0 Å². The SMILES string of the molecule is CCOc1cc(C#N)ccc1OCC(=O)N1c2ccccc2OC[C@H]1c1ccccc1. The minimum atomic E-state index is -0.264. The maximum atomic E-state index is 13.4. The molecular formula is C25H22N2O4. The van der Waals surface area contributed by atoms with Crippen molar-refractivity contribution in [3.63, 3.8) is 0 Å². The van der Waals surface area contributed by atoms with E-state index in [4.69, 9.17) is 19.5 Å². The largest absolute Gasteiger partial charge is 0.490 e. The summed E-state index contributed by atoms with van der Waals surface area (Å²) in [6.07, 6.45) is 0. The lowest BCUT2D eigenvalue weighted by Crippen LogP contribution is -2.43. The average Bonchev–Trinajstić information content (AvgIpc) is 2.83. The van der Waals surface area contributed by atoms with E-state index in [9.17, 15) is 4.79 Å². The predicted molar refractivity (Wildman–Crippen MR) is 116 cm³/mol. The molecule has 1 aliphatic heterocycles. The topological polar surface area (TPSA) is 71.8 Å². The van der Waals surface area contributed by atoms with Crippen molar-refractivity contribution in [3.8, 4) is 23.3 Å². The quantitative estimate of drug-likeness (QED) is 0.594. The van der Waals surface area contributed by atoms with Crippen LogP contribution in [0, 0.1) is 11.3 Å². The van der Waals surface area contributed by atoms with E-state index in [1.54, 1.807) is 23.1 Å². The maximum Gasteiger partial charge on any atom is 0.265 e. The van der Waals surface area contributed by atoms with E-state index < -0.39 is 0 Å². The minimum absolute atomic E-state index is 0.177. The Morgan fingerprint density at radius 2 is 1.84 bits per heavy atom. The molecule has 0 saturated heterocycles. The molecule has 6 nitrogen and oxygen atoms in total. The molecule has 4 rings (SSSR count). The Morgan fingerprint density at radius 3 is 2.61 bits per heavy atom. The van der Waals surface area contributed by atoms with Crippen LogP contribution >= 0.6 is 0 Å². The van der Waals surface area contributed by atoms with Gasteiger partial charge in [-0.1, -0.05) is 42.5 Å². The number of anilines is 1. The van der Waals surface area contributed by atoms with Gasteiger partial charge < -0.3 is 14.2 Å². The van der Waals surface area contributed by atoms with Crippen molar-refractivity contribution in [2.75, 3.05) is 24.7 Å². The van der Waals surface area contributed by atoms with E-state index in [2.05, 4.69) is 6.07 Å². The van der Waals surface area contributed by atoms with Crippen LogP contribution in [0.25, 0.3) is 0 Å². The molecule has 31 heavy (non-hydrogen) atoms. The molecule has 1 heterocycles. The Kier molecular flexibility index (Phi) is 6.04. The number of hydrogen-bond acceptors (Lipinski definition) is 5. The van der Waals surface area contributed by atoms with Gasteiger partial charge in [0.05, 0.1) is 30.0 Å². The molecule has 0 N–H and O–H groups in total. The van der Waals surface area contributed by atoms with Gasteiger partial charge in [-0.2, -0.15) is 5.26 Å². The molecule has 0 saturated carbocycles. The Bertz CT molecular complexity index is 1110. The number of rotatable bonds is 6. The van der Waals surface area contributed by atoms with Crippen molar-refractivity contribution in [1.29, 1.82) is 5.26 Å². The van der Waals surface area contributed by atoms with Gasteiger partial charge in [-0.3, -0.25) is 9.69 Å². The van der Waals surface area contributed by atoms with Crippen LogP contribution in [-0.2, 0) is 4.79 Å². The molecule has 1 aliphatic rings. The summed E-state index contributed by atoms with van der Waals surface area (Å²) in [7, 11) is 0. The molecule has 156 valence electrons. The lowest BCUT2D eigenvalue weighted by molar-refractivity contribution is -0.121. The van der Waals surface area contributed by atoms with E-state index in [0.717, 1.165) is 5.56 Å². The van der Waals surface area contributed by atoms with Crippen LogP contribution in [0.3, 0.4) is 0 Å². The van der Waals surface area contributed by atoms with Crippen LogP contribution in [0.1, 0.15) is 24.1 Å². The van der Waals surface area contributed by atoms with Crippen molar-refractivity contribution in [2.45, 2.75) is 13.0 Å². The number of fused-ring (bicyclic) bond motifs is 1. The molecular weight excluding hydrogens is 392 g/mol. The fourth-order valence-electron chi connectivity index (χ4n) is 3.59. The molecule has 0 bridgehead atoms. The van der Waals surface area contributed by atoms with Crippen LogP contribution in [0.2, 0.25) is 0 Å². The summed E-state index contributed by atoms with van der Waals surface area (Å²) in [5.41, 5.74) is 2.16. The Morgan fingerprint density at radius 1 is 1.06 bits per heavy atom. The van der Waals surface area contributed by atoms with Gasteiger partial charge in [0.1, 0.15) is 12.4 Å². The van der Waals surface area contributed by atoms with E-state index in [-0.39, 0.29) is 18.6 Å². The molecule has 1 atom stereocenters. The van der Waals surface area contributed by atoms with Gasteiger partial charge in [-0.15, -0.1) is 0 Å². The molecule has 0 fully saturated rings. The molecule has 0 unspecified atom stereocenters. The second kappa shape index (κ2) is 9.23. The van der Waals surface area contributed by atoms with Crippen LogP contribution in [0.15, 0.2) is 72.8 Å². The van der Waals surface area contributed by atoms with E-state index in [1.165, 1.54) is 0 Å². The number of hydrogen-bond donors (Lipinski definition) is 0. The highest BCUT2D eigenvalue weighted by Crippen LogP contribution is 2.39. The normalized spacial score (nSPS) is 14.7. The highest BCUT2D eigenvalue weighted by Gasteiger charge is 2.33. The van der Waals surface area contributed by atoms with Crippen molar-refractivity contribution in [2.24, 2.45) is 0 Å². The number of carbonyl (C=O) groups excluding carboxylic acids is 1. The third-order valence-corrected chi connectivity index (χ3v) is 5.01. The Balaban J connectivity index is 1.60. The van der Waals surface area contributed by atoms with Gasteiger partial charge in [0.15, 0.2) is 18.1 Å². The summed E-state index contributed by atoms with van der Waals surface area (Å²) in [6, 6.07) is 24.0. The fraction of sp³-hybridized carbons (Fsp3) is 0.200. The monoisotopic (exact) mass is 414 g/mol. The van der Waals surface area contributed by atoms with Gasteiger partial charge >= 0.3 is 0 Å². The van der Waals surface area contributed by atoms with Gasteiger partial charge in [0, 0.05) is 6.07 Å². The molecule has 0 aromatic heterocycles. The number of amides is 1. The molecule has 1 amide bonds. The third-order valence-electron chi connectivity index (χ3n) is 5.01. The van der Waals surface area contributed by atoms with Gasteiger partial charge in [0.2, 0.25) is 0 Å². The standard InChI is InChI=1S/C25H22N2O4/c1-2-29-24-14-18(15-26)12-13-23(24)31-17-25(28)27-20-10-6-7-11-22(20)30-16-21(27)19-8-4-3-5-9-19/h3-14,21H,2,16-17H2,1H3/t21-/m0/s1. The van der Waals surface area contributed by atoms with E-state index >= 15 is 0 Å². The Labute approximate surface area is 181 Å². The van der Waals surface area contributed by atoms with Crippen molar-refractivity contribution in [1.82, 2.24) is 0 Å². The zero-order valence-corrected chi connectivity index (χ0v) is 17.2. The molecule has 6 heteroatoms. The van der Waals surface area contributed by atoms with Crippen LogP contribution in [-0.4, -0.2) is 25.7 Å². The van der Waals surface area contributed by atoms with E-state index in [1.807, 2.05) is 61.5 Å². The number of carbonyl (C=O) groups is 1. The zero-order valence-electron chi connectivity index (χ0n) is 17.2. The highest BCUT2D eigenvalue weighted by molar-refractivity contribution is 5.97. The first-order chi connectivity index (χ1) is 15.2. The third kappa shape index (κ3) is 4.31. The maximum absolute atomic E-state index is 13.4. The fourth-order valence-corrected chi connectivity index (χ4v) is 3.59. The summed E-state index contributed by atoms with van der Waals surface area (Å²) in [5.74, 6) is 1.33.